The molecule has 1 aromatic heterocycles. The Bertz CT molecular complexity index is 924. The van der Waals surface area contributed by atoms with Crippen molar-refractivity contribution >= 4 is 29.0 Å². The maximum absolute atomic E-state index is 11.4. The second-order valence-corrected chi connectivity index (χ2v) is 7.00. The minimum absolute atomic E-state index is 0.0125. The van der Waals surface area contributed by atoms with Crippen LogP contribution in [0.4, 0.5) is 17.2 Å². The molecule has 2 aromatic rings. The third-order valence-corrected chi connectivity index (χ3v) is 5.10. The number of nitrogen functional groups attached to an aromatic ring is 1. The molecule has 8 heteroatoms. The van der Waals surface area contributed by atoms with E-state index in [1.165, 1.54) is 24.9 Å². The summed E-state index contributed by atoms with van der Waals surface area (Å²) in [5.74, 6) is 3.57. The summed E-state index contributed by atoms with van der Waals surface area (Å²) in [6.45, 7) is 6.61. The van der Waals surface area contributed by atoms with Crippen molar-refractivity contribution in [3.05, 3.63) is 57.7 Å². The van der Waals surface area contributed by atoms with Gasteiger partial charge in [0.05, 0.1) is 22.0 Å². The zero-order valence-electron chi connectivity index (χ0n) is 15.8. The number of rotatable bonds is 9. The van der Waals surface area contributed by atoms with E-state index in [1.54, 1.807) is 18.3 Å². The van der Waals surface area contributed by atoms with Crippen molar-refractivity contribution in [1.29, 1.82) is 0 Å². The Kier molecular flexibility index (Phi) is 7.29. The van der Waals surface area contributed by atoms with E-state index in [1.807, 2.05) is 17.9 Å². The van der Waals surface area contributed by atoms with Gasteiger partial charge in [-0.25, -0.2) is 4.98 Å². The van der Waals surface area contributed by atoms with Crippen LogP contribution in [0.2, 0.25) is 0 Å². The summed E-state index contributed by atoms with van der Waals surface area (Å²) in [5.41, 5.74) is 7.59. The van der Waals surface area contributed by atoms with Crippen LogP contribution in [0.3, 0.4) is 0 Å². The van der Waals surface area contributed by atoms with Gasteiger partial charge in [-0.3, -0.25) is 10.1 Å². The molecule has 0 unspecified atom stereocenters. The van der Waals surface area contributed by atoms with Gasteiger partial charge >= 0.3 is 0 Å². The van der Waals surface area contributed by atoms with Crippen LogP contribution in [-0.4, -0.2) is 23.6 Å². The molecule has 0 atom stereocenters. The first-order chi connectivity index (χ1) is 13.4. The van der Waals surface area contributed by atoms with Gasteiger partial charge < -0.3 is 15.4 Å². The highest BCUT2D eigenvalue weighted by Gasteiger charge is 2.21. The van der Waals surface area contributed by atoms with Crippen molar-refractivity contribution in [3.63, 3.8) is 0 Å². The second kappa shape index (κ2) is 9.67. The van der Waals surface area contributed by atoms with Crippen LogP contribution in [0.5, 0.6) is 5.75 Å². The van der Waals surface area contributed by atoms with Gasteiger partial charge in [-0.2, -0.15) is 0 Å². The average Bonchev–Trinajstić information content (AvgIpc) is 2.67. The Hall–Kier alpha value is -3.18. The number of thioether (sulfide) groups is 1. The molecular weight excluding hydrogens is 376 g/mol. The van der Waals surface area contributed by atoms with Crippen molar-refractivity contribution in [2.75, 3.05) is 24.3 Å². The third kappa shape index (κ3) is 4.96. The summed E-state index contributed by atoms with van der Waals surface area (Å²) in [6.07, 6.45) is 8.34. The number of pyridine rings is 1. The van der Waals surface area contributed by atoms with Gasteiger partial charge in [-0.15, -0.1) is 12.3 Å². The van der Waals surface area contributed by atoms with E-state index in [9.17, 15) is 10.1 Å². The molecule has 0 bridgehead atoms. The lowest BCUT2D eigenvalue weighted by Crippen LogP contribution is -2.23. The number of aromatic nitrogens is 1. The van der Waals surface area contributed by atoms with Crippen molar-refractivity contribution in [2.45, 2.75) is 24.7 Å². The highest BCUT2D eigenvalue weighted by atomic mass is 32.2. The predicted octanol–water partition coefficient (Wildman–Crippen LogP) is 4.37. The van der Waals surface area contributed by atoms with Gasteiger partial charge in [0, 0.05) is 42.5 Å². The molecule has 28 heavy (non-hydrogen) atoms. The number of nitrogens with zero attached hydrogens (tertiary/aromatic N) is 3. The van der Waals surface area contributed by atoms with E-state index in [2.05, 4.69) is 17.5 Å². The Labute approximate surface area is 168 Å². The Morgan fingerprint density at radius 1 is 1.50 bits per heavy atom. The van der Waals surface area contributed by atoms with Crippen LogP contribution in [0.15, 0.2) is 47.0 Å². The fraction of sp³-hybridized carbons (Fsp3) is 0.250. The van der Waals surface area contributed by atoms with Crippen LogP contribution in [0.1, 0.15) is 18.4 Å². The summed E-state index contributed by atoms with van der Waals surface area (Å²) in [7, 11) is 1.51. The molecule has 0 saturated carbocycles. The van der Waals surface area contributed by atoms with E-state index >= 15 is 0 Å². The molecule has 0 aliphatic rings. The van der Waals surface area contributed by atoms with Crippen molar-refractivity contribution in [3.8, 4) is 18.1 Å². The number of ether oxygens (including phenoxy) is 1. The van der Waals surface area contributed by atoms with Gasteiger partial charge in [0.2, 0.25) is 0 Å². The highest BCUT2D eigenvalue weighted by Crippen LogP contribution is 2.39. The normalized spacial score (nSPS) is 10.2. The largest absolute Gasteiger partial charge is 0.497 e. The molecule has 0 aliphatic heterocycles. The van der Waals surface area contributed by atoms with E-state index in [4.69, 9.17) is 16.9 Å². The number of unbranched alkanes of at least 4 members (excludes halogenated alkanes) is 1. The third-order valence-electron chi connectivity index (χ3n) is 4.10. The quantitative estimate of drug-likeness (QED) is 0.220. The first-order valence-corrected chi connectivity index (χ1v) is 9.32. The molecule has 1 aromatic carbocycles. The smallest absolute Gasteiger partial charge is 0.283 e. The molecule has 2 N–H and O–H groups in total. The number of nitrogens with two attached hydrogens (primary N) is 1. The minimum atomic E-state index is -0.423. The van der Waals surface area contributed by atoms with Gasteiger partial charge in [-0.05, 0) is 25.5 Å². The summed E-state index contributed by atoms with van der Waals surface area (Å²) in [4.78, 5) is 17.5. The maximum atomic E-state index is 11.4. The molecule has 0 spiro atoms. The monoisotopic (exact) mass is 398 g/mol. The van der Waals surface area contributed by atoms with Crippen molar-refractivity contribution < 1.29 is 9.66 Å². The first kappa shape index (κ1) is 21.1. The predicted molar refractivity (Wildman–Crippen MR) is 113 cm³/mol. The molecule has 0 aliphatic carbocycles. The summed E-state index contributed by atoms with van der Waals surface area (Å²) in [5, 5.41) is 12.0. The number of nitro benzene ring substituents is 1. The van der Waals surface area contributed by atoms with E-state index in [-0.39, 0.29) is 5.69 Å². The maximum Gasteiger partial charge on any atom is 0.283 e. The standard InChI is InChI=1S/C20H22N4O3S/c1-5-6-7-12-23(17-10-11-22-20(21)14(17)2)15(3)28-19-13-16(27-4)8-9-18(19)24(25)26/h1,8-11,13H,3,6-7,12H2,2,4H3,(H2,21,22). The van der Waals surface area contributed by atoms with Gasteiger partial charge in [-0.1, -0.05) is 18.3 Å². The number of nitro groups is 1. The SMILES string of the molecule is C#CCCCN(C(=C)Sc1cc(OC)ccc1[N+](=O)[O-])c1ccnc(N)c1C. The van der Waals surface area contributed by atoms with Crippen LogP contribution >= 0.6 is 11.8 Å². The number of terminal acetylenes is 1. The molecule has 0 fully saturated rings. The lowest BCUT2D eigenvalue weighted by molar-refractivity contribution is -0.387. The lowest BCUT2D eigenvalue weighted by Gasteiger charge is -2.28. The number of hydrogen-bond donors (Lipinski definition) is 1. The van der Waals surface area contributed by atoms with Crippen molar-refractivity contribution in [2.24, 2.45) is 0 Å². The van der Waals surface area contributed by atoms with E-state index < -0.39 is 4.92 Å². The molecule has 2 rings (SSSR count). The van der Waals surface area contributed by atoms with Crippen LogP contribution in [0.25, 0.3) is 0 Å². The molecule has 146 valence electrons. The van der Waals surface area contributed by atoms with E-state index in [0.717, 1.165) is 17.7 Å². The van der Waals surface area contributed by atoms with Crippen LogP contribution in [0, 0.1) is 29.4 Å². The van der Waals surface area contributed by atoms with Crippen LogP contribution in [-0.2, 0) is 0 Å². The molecule has 7 nitrogen and oxygen atoms in total. The Morgan fingerprint density at radius 3 is 2.89 bits per heavy atom. The topological polar surface area (TPSA) is 94.5 Å². The van der Waals surface area contributed by atoms with Crippen molar-refractivity contribution in [1.82, 2.24) is 4.98 Å². The highest BCUT2D eigenvalue weighted by molar-refractivity contribution is 8.03. The molecule has 0 amide bonds. The van der Waals surface area contributed by atoms with Gasteiger partial charge in [0.1, 0.15) is 11.6 Å². The zero-order chi connectivity index (χ0) is 20.7. The number of hydrogen-bond acceptors (Lipinski definition) is 7. The summed E-state index contributed by atoms with van der Waals surface area (Å²) >= 11 is 1.20. The molecule has 0 saturated heterocycles. The fourth-order valence-electron chi connectivity index (χ4n) is 2.59. The zero-order valence-corrected chi connectivity index (χ0v) is 16.7. The van der Waals surface area contributed by atoms with Gasteiger partial charge in [0.15, 0.2) is 0 Å². The molecular formula is C20H22N4O3S. The average molecular weight is 398 g/mol. The summed E-state index contributed by atoms with van der Waals surface area (Å²) < 4.78 is 5.20. The first-order valence-electron chi connectivity index (χ1n) is 8.50. The minimum Gasteiger partial charge on any atom is -0.497 e. The second-order valence-electron chi connectivity index (χ2n) is 5.89. The van der Waals surface area contributed by atoms with E-state index in [0.29, 0.717) is 34.5 Å². The molecule has 1 heterocycles. The molecule has 0 radical (unpaired) electrons. The number of benzene rings is 1. The number of anilines is 2. The lowest BCUT2D eigenvalue weighted by atomic mass is 10.2. The fourth-order valence-corrected chi connectivity index (χ4v) is 3.56. The van der Waals surface area contributed by atoms with Crippen LogP contribution < -0.4 is 15.4 Å². The van der Waals surface area contributed by atoms with Gasteiger partial charge in [0.25, 0.3) is 5.69 Å². The Balaban J connectivity index is 2.39. The number of methoxy groups -OCH3 is 1. The Morgan fingerprint density at radius 2 is 2.25 bits per heavy atom. The summed E-state index contributed by atoms with van der Waals surface area (Å²) in [6, 6.07) is 6.45.